The number of unbranched alkanes of at least 4 members (excludes halogenated alkanes) is 1. The Bertz CT molecular complexity index is 577. The zero-order chi connectivity index (χ0) is 13.8. The molecule has 3 nitrogen and oxygen atoms in total. The van der Waals surface area contributed by atoms with Crippen LogP contribution in [0.5, 0.6) is 0 Å². The Morgan fingerprint density at radius 1 is 1.47 bits per heavy atom. The van der Waals surface area contributed by atoms with Crippen LogP contribution in [0.25, 0.3) is 11.0 Å². The predicted molar refractivity (Wildman–Crippen MR) is 78.7 cm³/mol. The van der Waals surface area contributed by atoms with Gasteiger partial charge in [-0.3, -0.25) is 4.79 Å². The molecule has 0 radical (unpaired) electrons. The summed E-state index contributed by atoms with van der Waals surface area (Å²) >= 11 is 6.19. The molecule has 2 aromatic heterocycles. The molecule has 19 heavy (non-hydrogen) atoms. The minimum Gasteiger partial charge on any atom is -0.345 e. The second kappa shape index (κ2) is 6.20. The summed E-state index contributed by atoms with van der Waals surface area (Å²) in [7, 11) is 0. The van der Waals surface area contributed by atoms with E-state index in [4.69, 9.17) is 11.6 Å². The second-order valence-electron chi connectivity index (χ2n) is 4.83. The van der Waals surface area contributed by atoms with Crippen LogP contribution in [0.1, 0.15) is 49.9 Å². The molecule has 0 spiro atoms. The number of nitrogens with zero attached hydrogens (tertiary/aromatic N) is 1. The first-order chi connectivity index (χ1) is 9.19. The third-order valence-electron chi connectivity index (χ3n) is 3.56. The fourth-order valence-corrected chi connectivity index (χ4v) is 2.65. The SMILES string of the molecule is CCCCC(CC)C(=O)c1c[nH]c2nccc(Cl)c12. The summed E-state index contributed by atoms with van der Waals surface area (Å²) in [5.74, 6) is 0.257. The average molecular weight is 279 g/mol. The largest absolute Gasteiger partial charge is 0.345 e. The number of hydrogen-bond acceptors (Lipinski definition) is 2. The number of ketones is 1. The van der Waals surface area contributed by atoms with Crippen LogP contribution in [0.3, 0.4) is 0 Å². The van der Waals surface area contributed by atoms with Gasteiger partial charge in [0.15, 0.2) is 5.78 Å². The van der Waals surface area contributed by atoms with Crippen molar-refractivity contribution >= 4 is 28.4 Å². The molecular formula is C15H19ClN2O. The minimum absolute atomic E-state index is 0.0789. The van der Waals surface area contributed by atoms with E-state index in [1.165, 1.54) is 0 Å². The summed E-state index contributed by atoms with van der Waals surface area (Å²) in [4.78, 5) is 19.8. The molecule has 0 fully saturated rings. The van der Waals surface area contributed by atoms with Crippen molar-refractivity contribution in [1.82, 2.24) is 9.97 Å². The highest BCUT2D eigenvalue weighted by molar-refractivity contribution is 6.36. The van der Waals surface area contributed by atoms with Crippen molar-refractivity contribution in [1.29, 1.82) is 0 Å². The Morgan fingerprint density at radius 2 is 2.26 bits per heavy atom. The van der Waals surface area contributed by atoms with Gasteiger partial charge in [-0.25, -0.2) is 4.98 Å². The van der Waals surface area contributed by atoms with Crippen molar-refractivity contribution in [3.63, 3.8) is 0 Å². The van der Waals surface area contributed by atoms with Gasteiger partial charge in [0, 0.05) is 29.3 Å². The van der Waals surface area contributed by atoms with Crippen molar-refractivity contribution in [2.45, 2.75) is 39.5 Å². The zero-order valence-corrected chi connectivity index (χ0v) is 12.1. The summed E-state index contributed by atoms with van der Waals surface area (Å²) in [5, 5.41) is 1.34. The molecule has 2 aromatic rings. The molecule has 0 saturated heterocycles. The average Bonchev–Trinajstić information content (AvgIpc) is 2.84. The fraction of sp³-hybridized carbons (Fsp3) is 0.467. The molecule has 0 bridgehead atoms. The zero-order valence-electron chi connectivity index (χ0n) is 11.4. The van der Waals surface area contributed by atoms with Crippen LogP contribution in [0, 0.1) is 5.92 Å². The van der Waals surface area contributed by atoms with Gasteiger partial charge < -0.3 is 4.98 Å². The summed E-state index contributed by atoms with van der Waals surface area (Å²) in [5.41, 5.74) is 1.36. The maximum atomic E-state index is 12.6. The standard InChI is InChI=1S/C15H19ClN2O/c1-3-5-6-10(4-2)14(19)11-9-18-15-13(11)12(16)7-8-17-15/h7-10H,3-6H2,1-2H3,(H,17,18). The topological polar surface area (TPSA) is 45.8 Å². The highest BCUT2D eigenvalue weighted by Gasteiger charge is 2.22. The quantitative estimate of drug-likeness (QED) is 0.784. The summed E-state index contributed by atoms with van der Waals surface area (Å²) in [6, 6.07) is 1.72. The lowest BCUT2D eigenvalue weighted by atomic mass is 9.91. The molecule has 0 aliphatic heterocycles. The van der Waals surface area contributed by atoms with E-state index < -0.39 is 0 Å². The summed E-state index contributed by atoms with van der Waals surface area (Å²) in [6.07, 6.45) is 7.38. The third kappa shape index (κ3) is 2.81. The Balaban J connectivity index is 2.35. The molecule has 1 unspecified atom stereocenters. The molecule has 102 valence electrons. The maximum Gasteiger partial charge on any atom is 0.168 e. The normalized spacial score (nSPS) is 12.8. The molecule has 4 heteroatoms. The van der Waals surface area contributed by atoms with Crippen LogP contribution in [0.15, 0.2) is 18.5 Å². The van der Waals surface area contributed by atoms with Crippen LogP contribution in [0.2, 0.25) is 5.02 Å². The number of nitrogens with one attached hydrogen (secondary N) is 1. The monoisotopic (exact) mass is 278 g/mol. The van der Waals surface area contributed by atoms with E-state index in [0.29, 0.717) is 16.2 Å². The van der Waals surface area contributed by atoms with Gasteiger partial charge in [-0.05, 0) is 18.9 Å². The van der Waals surface area contributed by atoms with Crippen molar-refractivity contribution < 1.29 is 4.79 Å². The van der Waals surface area contributed by atoms with Gasteiger partial charge in [0.25, 0.3) is 0 Å². The minimum atomic E-state index is 0.0789. The van der Waals surface area contributed by atoms with Crippen LogP contribution in [-0.2, 0) is 0 Å². The molecular weight excluding hydrogens is 260 g/mol. The molecule has 2 heterocycles. The lowest BCUT2D eigenvalue weighted by molar-refractivity contribution is 0.0910. The first-order valence-corrected chi connectivity index (χ1v) is 7.22. The van der Waals surface area contributed by atoms with Gasteiger partial charge in [0.2, 0.25) is 0 Å². The van der Waals surface area contributed by atoms with Crippen molar-refractivity contribution in [2.24, 2.45) is 5.92 Å². The van der Waals surface area contributed by atoms with Gasteiger partial charge in [-0.15, -0.1) is 0 Å². The second-order valence-corrected chi connectivity index (χ2v) is 5.24. The lowest BCUT2D eigenvalue weighted by Crippen LogP contribution is -2.13. The molecule has 0 aliphatic carbocycles. The number of rotatable bonds is 6. The molecule has 0 aliphatic rings. The number of hydrogen-bond donors (Lipinski definition) is 1. The molecule has 2 rings (SSSR count). The van der Waals surface area contributed by atoms with E-state index in [1.54, 1.807) is 18.5 Å². The molecule has 0 amide bonds. The number of fused-ring (bicyclic) bond motifs is 1. The first-order valence-electron chi connectivity index (χ1n) is 6.84. The van der Waals surface area contributed by atoms with Crippen LogP contribution in [-0.4, -0.2) is 15.8 Å². The van der Waals surface area contributed by atoms with Gasteiger partial charge >= 0.3 is 0 Å². The molecule has 1 N–H and O–H groups in total. The van der Waals surface area contributed by atoms with Crippen LogP contribution >= 0.6 is 11.6 Å². The van der Waals surface area contributed by atoms with E-state index in [9.17, 15) is 4.79 Å². The predicted octanol–water partition coefficient (Wildman–Crippen LogP) is 4.62. The number of aromatic nitrogens is 2. The number of H-pyrrole nitrogens is 1. The van der Waals surface area contributed by atoms with Crippen molar-refractivity contribution in [3.8, 4) is 0 Å². The fourth-order valence-electron chi connectivity index (χ4n) is 2.40. The van der Waals surface area contributed by atoms with Crippen molar-refractivity contribution in [2.75, 3.05) is 0 Å². The highest BCUT2D eigenvalue weighted by Crippen LogP contribution is 2.28. The van der Waals surface area contributed by atoms with Gasteiger partial charge in [0.1, 0.15) is 5.65 Å². The first kappa shape index (κ1) is 14.1. The number of carbonyl (C=O) groups excluding carboxylic acids is 1. The molecule has 0 aromatic carbocycles. The number of aromatic amines is 1. The van der Waals surface area contributed by atoms with E-state index >= 15 is 0 Å². The summed E-state index contributed by atoms with van der Waals surface area (Å²) in [6.45, 7) is 4.20. The van der Waals surface area contributed by atoms with E-state index in [-0.39, 0.29) is 11.7 Å². The number of pyridine rings is 1. The van der Waals surface area contributed by atoms with Crippen LogP contribution in [0.4, 0.5) is 0 Å². The molecule has 0 saturated carbocycles. The Hall–Kier alpha value is -1.35. The van der Waals surface area contributed by atoms with E-state index in [0.717, 1.165) is 31.1 Å². The molecule has 1 atom stereocenters. The Labute approximate surface area is 118 Å². The third-order valence-corrected chi connectivity index (χ3v) is 3.87. The van der Waals surface area contributed by atoms with Gasteiger partial charge in [-0.1, -0.05) is 38.3 Å². The summed E-state index contributed by atoms with van der Waals surface area (Å²) < 4.78 is 0. The number of Topliss-reactive ketones (excluding diaryl/α,β-unsaturated/α-hetero) is 1. The van der Waals surface area contributed by atoms with E-state index in [2.05, 4.69) is 23.8 Å². The Morgan fingerprint density at radius 3 is 2.95 bits per heavy atom. The number of carbonyl (C=O) groups is 1. The Kier molecular flexibility index (Phi) is 4.59. The maximum absolute atomic E-state index is 12.6. The van der Waals surface area contributed by atoms with E-state index in [1.807, 2.05) is 0 Å². The van der Waals surface area contributed by atoms with Crippen molar-refractivity contribution in [3.05, 3.63) is 29.0 Å². The lowest BCUT2D eigenvalue weighted by Gasteiger charge is -2.12. The smallest absolute Gasteiger partial charge is 0.168 e. The van der Waals surface area contributed by atoms with Crippen LogP contribution < -0.4 is 0 Å². The van der Waals surface area contributed by atoms with Gasteiger partial charge in [0.05, 0.1) is 5.02 Å². The highest BCUT2D eigenvalue weighted by atomic mass is 35.5. The number of halogens is 1. The van der Waals surface area contributed by atoms with Gasteiger partial charge in [-0.2, -0.15) is 0 Å².